The van der Waals surface area contributed by atoms with E-state index in [0.29, 0.717) is 6.61 Å². The molecular weight excluding hydrogens is 212 g/mol. The normalized spacial score (nSPS) is 22.7. The third-order valence-electron chi connectivity index (χ3n) is 3.60. The molecule has 1 aliphatic rings. The lowest BCUT2D eigenvalue weighted by atomic mass is 9.84. The summed E-state index contributed by atoms with van der Waals surface area (Å²) in [5.41, 5.74) is 2.54. The molecule has 1 aromatic carbocycles. The van der Waals surface area contributed by atoms with Gasteiger partial charge in [0.05, 0.1) is 12.7 Å². The number of ether oxygens (including phenoxy) is 1. The number of aliphatic hydroxyl groups excluding tert-OH is 1. The number of rotatable bonds is 2. The average molecular weight is 234 g/mol. The van der Waals surface area contributed by atoms with Gasteiger partial charge in [-0.3, -0.25) is 0 Å². The summed E-state index contributed by atoms with van der Waals surface area (Å²) in [5.74, 6) is 0.866. The summed E-state index contributed by atoms with van der Waals surface area (Å²) in [7, 11) is 0. The van der Waals surface area contributed by atoms with Crippen LogP contribution in [-0.4, -0.2) is 11.7 Å². The number of aliphatic hydroxyl groups is 1. The molecule has 0 bridgehead atoms. The van der Waals surface area contributed by atoms with Gasteiger partial charge in [-0.25, -0.2) is 0 Å². The maximum atomic E-state index is 10.3. The van der Waals surface area contributed by atoms with E-state index in [1.54, 1.807) is 0 Å². The predicted molar refractivity (Wildman–Crippen MR) is 69.3 cm³/mol. The van der Waals surface area contributed by atoms with E-state index in [-0.39, 0.29) is 11.5 Å². The van der Waals surface area contributed by atoms with Gasteiger partial charge < -0.3 is 9.84 Å². The van der Waals surface area contributed by atoms with E-state index in [4.69, 9.17) is 4.74 Å². The SMILES string of the molecule is CCOc1ccc2c(c1)C(O)CC(C)(C)CC2. The molecule has 0 saturated heterocycles. The number of fused-ring (bicyclic) bond motifs is 1. The first kappa shape index (κ1) is 12.4. The number of hydrogen-bond acceptors (Lipinski definition) is 2. The Morgan fingerprint density at radius 1 is 1.41 bits per heavy atom. The van der Waals surface area contributed by atoms with Crippen molar-refractivity contribution in [2.24, 2.45) is 5.41 Å². The topological polar surface area (TPSA) is 29.5 Å². The second-order valence-corrected chi connectivity index (χ2v) is 5.68. The lowest BCUT2D eigenvalue weighted by Gasteiger charge is -2.24. The Kier molecular flexibility index (Phi) is 3.43. The molecule has 0 spiro atoms. The van der Waals surface area contributed by atoms with Crippen LogP contribution in [0.4, 0.5) is 0 Å². The van der Waals surface area contributed by atoms with Gasteiger partial charge in [-0.1, -0.05) is 19.9 Å². The van der Waals surface area contributed by atoms with Gasteiger partial charge >= 0.3 is 0 Å². The zero-order valence-corrected chi connectivity index (χ0v) is 11.0. The predicted octanol–water partition coefficient (Wildman–Crippen LogP) is 3.48. The van der Waals surface area contributed by atoms with Crippen LogP contribution >= 0.6 is 0 Å². The summed E-state index contributed by atoms with van der Waals surface area (Å²) in [6.07, 6.45) is 2.65. The van der Waals surface area contributed by atoms with Crippen molar-refractivity contribution < 1.29 is 9.84 Å². The van der Waals surface area contributed by atoms with Crippen molar-refractivity contribution >= 4 is 0 Å². The maximum absolute atomic E-state index is 10.3. The standard InChI is InChI=1S/C15H22O2/c1-4-17-12-6-5-11-7-8-15(2,3)10-14(16)13(11)9-12/h5-6,9,14,16H,4,7-8,10H2,1-3H3. The first-order chi connectivity index (χ1) is 8.02. The third-order valence-corrected chi connectivity index (χ3v) is 3.60. The van der Waals surface area contributed by atoms with Crippen molar-refractivity contribution in [3.63, 3.8) is 0 Å². The molecule has 0 amide bonds. The zero-order chi connectivity index (χ0) is 12.5. The van der Waals surface area contributed by atoms with Crippen molar-refractivity contribution in [3.05, 3.63) is 29.3 Å². The molecule has 1 N–H and O–H groups in total. The van der Waals surface area contributed by atoms with Gasteiger partial charge in [-0.2, -0.15) is 0 Å². The minimum absolute atomic E-state index is 0.213. The second-order valence-electron chi connectivity index (χ2n) is 5.68. The Hall–Kier alpha value is -1.02. The van der Waals surface area contributed by atoms with E-state index in [1.807, 2.05) is 19.1 Å². The molecule has 2 heteroatoms. The van der Waals surface area contributed by atoms with E-state index in [0.717, 1.165) is 30.6 Å². The minimum Gasteiger partial charge on any atom is -0.494 e. The largest absolute Gasteiger partial charge is 0.494 e. The van der Waals surface area contributed by atoms with Crippen molar-refractivity contribution in [1.82, 2.24) is 0 Å². The molecule has 17 heavy (non-hydrogen) atoms. The highest BCUT2D eigenvalue weighted by molar-refractivity contribution is 5.38. The molecule has 0 saturated carbocycles. The number of aryl methyl sites for hydroxylation is 1. The van der Waals surface area contributed by atoms with Crippen LogP contribution in [0, 0.1) is 5.41 Å². The fourth-order valence-corrected chi connectivity index (χ4v) is 2.58. The first-order valence-electron chi connectivity index (χ1n) is 6.45. The smallest absolute Gasteiger partial charge is 0.119 e. The summed E-state index contributed by atoms with van der Waals surface area (Å²) in [6, 6.07) is 6.11. The lowest BCUT2D eigenvalue weighted by molar-refractivity contribution is 0.116. The Bertz CT molecular complexity index is 396. The molecule has 2 rings (SSSR count). The quantitative estimate of drug-likeness (QED) is 0.794. The minimum atomic E-state index is -0.358. The van der Waals surface area contributed by atoms with E-state index in [9.17, 15) is 5.11 Å². The summed E-state index contributed by atoms with van der Waals surface area (Å²) in [5, 5.41) is 10.3. The van der Waals surface area contributed by atoms with Crippen molar-refractivity contribution in [2.45, 2.75) is 46.1 Å². The molecule has 0 fully saturated rings. The van der Waals surface area contributed by atoms with E-state index < -0.39 is 0 Å². The zero-order valence-electron chi connectivity index (χ0n) is 11.0. The van der Waals surface area contributed by atoms with Crippen LogP contribution in [0.3, 0.4) is 0 Å². The third kappa shape index (κ3) is 2.81. The van der Waals surface area contributed by atoms with Crippen molar-refractivity contribution in [1.29, 1.82) is 0 Å². The van der Waals surface area contributed by atoms with Crippen LogP contribution in [0.2, 0.25) is 0 Å². The van der Waals surface area contributed by atoms with Crippen molar-refractivity contribution in [2.75, 3.05) is 6.61 Å². The van der Waals surface area contributed by atoms with Crippen LogP contribution in [0.1, 0.15) is 50.8 Å². The molecule has 0 aliphatic heterocycles. The van der Waals surface area contributed by atoms with Gasteiger partial charge in [0, 0.05) is 0 Å². The number of hydrogen-bond donors (Lipinski definition) is 1. The highest BCUT2D eigenvalue weighted by Crippen LogP contribution is 2.40. The van der Waals surface area contributed by atoms with Crippen LogP contribution < -0.4 is 4.74 Å². The monoisotopic (exact) mass is 234 g/mol. The van der Waals surface area contributed by atoms with Gasteiger partial charge in [0.2, 0.25) is 0 Å². The fourth-order valence-electron chi connectivity index (χ4n) is 2.58. The lowest BCUT2D eigenvalue weighted by Crippen LogP contribution is -2.13. The molecule has 1 aromatic rings. The number of benzene rings is 1. The molecular formula is C15H22O2. The van der Waals surface area contributed by atoms with Crippen LogP contribution in [0.15, 0.2) is 18.2 Å². The molecule has 0 radical (unpaired) electrons. The molecule has 94 valence electrons. The van der Waals surface area contributed by atoms with Gasteiger partial charge in [0.15, 0.2) is 0 Å². The Balaban J connectivity index is 2.32. The Labute approximate surface area is 104 Å². The molecule has 1 aliphatic carbocycles. The van der Waals surface area contributed by atoms with Gasteiger partial charge in [0.25, 0.3) is 0 Å². The second kappa shape index (κ2) is 4.69. The Morgan fingerprint density at radius 2 is 2.18 bits per heavy atom. The van der Waals surface area contributed by atoms with Crippen LogP contribution in [0.5, 0.6) is 5.75 Å². The van der Waals surface area contributed by atoms with Gasteiger partial charge in [-0.15, -0.1) is 0 Å². The van der Waals surface area contributed by atoms with E-state index in [1.165, 1.54) is 5.56 Å². The summed E-state index contributed by atoms with van der Waals surface area (Å²) in [6.45, 7) is 7.10. The molecule has 0 aromatic heterocycles. The summed E-state index contributed by atoms with van der Waals surface area (Å²) < 4.78 is 5.50. The molecule has 1 atom stereocenters. The van der Waals surface area contributed by atoms with Gasteiger partial charge in [-0.05, 0) is 54.9 Å². The summed E-state index contributed by atoms with van der Waals surface area (Å²) >= 11 is 0. The molecule has 2 nitrogen and oxygen atoms in total. The highest BCUT2D eigenvalue weighted by Gasteiger charge is 2.28. The highest BCUT2D eigenvalue weighted by atomic mass is 16.5. The summed E-state index contributed by atoms with van der Waals surface area (Å²) in [4.78, 5) is 0. The first-order valence-corrected chi connectivity index (χ1v) is 6.45. The average Bonchev–Trinajstić information content (AvgIpc) is 2.37. The fraction of sp³-hybridized carbons (Fsp3) is 0.600. The van der Waals surface area contributed by atoms with E-state index >= 15 is 0 Å². The van der Waals surface area contributed by atoms with Crippen LogP contribution in [0.25, 0.3) is 0 Å². The molecule has 1 unspecified atom stereocenters. The Morgan fingerprint density at radius 3 is 2.88 bits per heavy atom. The van der Waals surface area contributed by atoms with E-state index in [2.05, 4.69) is 19.9 Å². The maximum Gasteiger partial charge on any atom is 0.119 e. The van der Waals surface area contributed by atoms with Crippen molar-refractivity contribution in [3.8, 4) is 5.75 Å². The van der Waals surface area contributed by atoms with Gasteiger partial charge in [0.1, 0.15) is 5.75 Å². The molecule has 0 heterocycles. The van der Waals surface area contributed by atoms with Crippen LogP contribution in [-0.2, 0) is 6.42 Å².